The topological polar surface area (TPSA) is 98.9 Å². The van der Waals surface area contributed by atoms with Gasteiger partial charge in [-0.15, -0.1) is 0 Å². The van der Waals surface area contributed by atoms with Gasteiger partial charge < -0.3 is 14.0 Å². The van der Waals surface area contributed by atoms with Gasteiger partial charge in [-0.2, -0.15) is 8.42 Å². The smallest absolute Gasteiger partial charge is 0.294 e. The summed E-state index contributed by atoms with van der Waals surface area (Å²) < 4.78 is 45.3. The first-order valence-electron chi connectivity index (χ1n) is 7.12. The van der Waals surface area contributed by atoms with E-state index in [4.69, 9.17) is 18.5 Å². The molecule has 0 aliphatic carbocycles. The minimum atomic E-state index is -4.02. The minimum absolute atomic E-state index is 0.0666. The molecule has 0 amide bonds. The first kappa shape index (κ1) is 16.3. The van der Waals surface area contributed by atoms with E-state index in [-0.39, 0.29) is 4.90 Å². The van der Waals surface area contributed by atoms with Crippen LogP contribution in [0.4, 0.5) is 0 Å². The summed E-state index contributed by atoms with van der Waals surface area (Å²) in [6, 6.07) is 9.69. The molecule has 1 N–H and O–H groups in total. The van der Waals surface area contributed by atoms with Gasteiger partial charge in [-0.1, -0.05) is 22.9 Å². The van der Waals surface area contributed by atoms with Gasteiger partial charge in [0.15, 0.2) is 11.5 Å². The van der Waals surface area contributed by atoms with Gasteiger partial charge in [-0.25, -0.2) is 0 Å². The maximum Gasteiger partial charge on any atom is 0.294 e. The SMILES string of the molecule is Cc1ccc(S(=O)(=O)O)cc1.c1cc2nocc2c2c1OCCO2. The minimum Gasteiger partial charge on any atom is -0.486 e. The van der Waals surface area contributed by atoms with E-state index in [2.05, 4.69) is 5.16 Å². The molecule has 24 heavy (non-hydrogen) atoms. The summed E-state index contributed by atoms with van der Waals surface area (Å²) in [6.45, 7) is 3.02. The monoisotopic (exact) mass is 349 g/mol. The van der Waals surface area contributed by atoms with Crippen LogP contribution in [0.25, 0.3) is 10.9 Å². The molecule has 2 heterocycles. The standard InChI is InChI=1S/C9H7NO3.C7H8O3S/c1-2-8-9(12-4-3-11-8)6-5-13-10-7(1)6;1-6-2-4-7(5-3-6)11(8,9)10/h1-2,5H,3-4H2;2-5H,1H3,(H,8,9,10). The van der Waals surface area contributed by atoms with E-state index in [1.54, 1.807) is 18.4 Å². The first-order chi connectivity index (χ1) is 11.4. The quantitative estimate of drug-likeness (QED) is 0.674. The lowest BCUT2D eigenvalue weighted by molar-refractivity contribution is 0.174. The summed E-state index contributed by atoms with van der Waals surface area (Å²) in [4.78, 5) is -0.0666. The fourth-order valence-corrected chi connectivity index (χ4v) is 2.65. The molecule has 1 aliphatic rings. The van der Waals surface area contributed by atoms with E-state index in [1.807, 2.05) is 19.1 Å². The maximum absolute atomic E-state index is 10.5. The zero-order chi connectivity index (χ0) is 17.2. The molecular weight excluding hydrogens is 334 g/mol. The maximum atomic E-state index is 10.5. The van der Waals surface area contributed by atoms with Crippen molar-refractivity contribution >= 4 is 21.0 Å². The average Bonchev–Trinajstić information content (AvgIpc) is 3.04. The Bertz CT molecular complexity index is 946. The Hall–Kier alpha value is -2.58. The molecule has 0 fully saturated rings. The van der Waals surface area contributed by atoms with Gasteiger partial charge in [0.25, 0.3) is 10.1 Å². The normalized spacial score (nSPS) is 13.2. The largest absolute Gasteiger partial charge is 0.486 e. The van der Waals surface area contributed by atoms with Crippen molar-refractivity contribution in [3.8, 4) is 11.5 Å². The van der Waals surface area contributed by atoms with Gasteiger partial charge in [0.05, 0.1) is 10.3 Å². The summed E-state index contributed by atoms with van der Waals surface area (Å²) in [5.41, 5.74) is 1.75. The van der Waals surface area contributed by atoms with Crippen LogP contribution in [0.5, 0.6) is 11.5 Å². The number of benzene rings is 2. The van der Waals surface area contributed by atoms with Crippen molar-refractivity contribution in [2.45, 2.75) is 11.8 Å². The third-order valence-electron chi connectivity index (χ3n) is 3.36. The van der Waals surface area contributed by atoms with Crippen LogP contribution in [0.2, 0.25) is 0 Å². The summed E-state index contributed by atoms with van der Waals surface area (Å²) in [7, 11) is -4.02. The van der Waals surface area contributed by atoms with Crippen molar-refractivity contribution in [3.05, 3.63) is 48.2 Å². The number of aromatic nitrogens is 1. The van der Waals surface area contributed by atoms with Gasteiger partial charge in [0.1, 0.15) is 25.0 Å². The van der Waals surface area contributed by atoms with E-state index in [1.165, 1.54) is 12.1 Å². The molecular formula is C16H15NO6S. The zero-order valence-electron chi connectivity index (χ0n) is 12.8. The second kappa shape index (κ2) is 6.50. The van der Waals surface area contributed by atoms with E-state index in [0.717, 1.165) is 28.0 Å². The summed E-state index contributed by atoms with van der Waals surface area (Å²) in [5.74, 6) is 1.51. The molecule has 0 spiro atoms. The van der Waals surface area contributed by atoms with Gasteiger partial charge in [-0.05, 0) is 31.2 Å². The number of hydrogen-bond acceptors (Lipinski definition) is 6. The molecule has 3 aromatic rings. The molecule has 0 radical (unpaired) electrons. The fraction of sp³-hybridized carbons (Fsp3) is 0.188. The van der Waals surface area contributed by atoms with Crippen molar-refractivity contribution in [1.82, 2.24) is 5.16 Å². The molecule has 0 atom stereocenters. The Kier molecular flexibility index (Phi) is 4.41. The molecule has 1 aromatic heterocycles. The van der Waals surface area contributed by atoms with Crippen molar-refractivity contribution in [2.75, 3.05) is 13.2 Å². The predicted octanol–water partition coefficient (Wildman–Crippen LogP) is 2.84. The predicted molar refractivity (Wildman–Crippen MR) is 86.0 cm³/mol. The Morgan fingerprint density at radius 1 is 1.04 bits per heavy atom. The number of fused-ring (bicyclic) bond motifs is 3. The van der Waals surface area contributed by atoms with Gasteiger partial charge in [0, 0.05) is 0 Å². The van der Waals surface area contributed by atoms with E-state index in [9.17, 15) is 8.42 Å². The number of rotatable bonds is 1. The first-order valence-corrected chi connectivity index (χ1v) is 8.56. The number of nitrogens with zero attached hydrogens (tertiary/aromatic N) is 1. The van der Waals surface area contributed by atoms with Crippen LogP contribution in [0.3, 0.4) is 0 Å². The van der Waals surface area contributed by atoms with E-state index < -0.39 is 10.1 Å². The van der Waals surface area contributed by atoms with Crippen molar-refractivity contribution in [1.29, 1.82) is 0 Å². The van der Waals surface area contributed by atoms with Gasteiger partial charge in [0.2, 0.25) is 0 Å². The number of aryl methyl sites for hydroxylation is 1. The molecule has 7 nitrogen and oxygen atoms in total. The van der Waals surface area contributed by atoms with Crippen molar-refractivity contribution < 1.29 is 27.0 Å². The lowest BCUT2D eigenvalue weighted by Crippen LogP contribution is -2.15. The highest BCUT2D eigenvalue weighted by Gasteiger charge is 2.16. The van der Waals surface area contributed by atoms with Crippen LogP contribution in [0.1, 0.15) is 5.56 Å². The van der Waals surface area contributed by atoms with Crippen molar-refractivity contribution in [3.63, 3.8) is 0 Å². The molecule has 126 valence electrons. The second-order valence-corrected chi connectivity index (χ2v) is 6.55. The van der Waals surface area contributed by atoms with Gasteiger partial charge >= 0.3 is 0 Å². The van der Waals surface area contributed by atoms with Crippen molar-refractivity contribution in [2.24, 2.45) is 0 Å². The van der Waals surface area contributed by atoms with Crippen LogP contribution in [-0.2, 0) is 10.1 Å². The van der Waals surface area contributed by atoms with Crippen LogP contribution in [0.15, 0.2) is 52.1 Å². The molecule has 0 unspecified atom stereocenters. The number of ether oxygens (including phenoxy) is 2. The van der Waals surface area contributed by atoms with Crippen LogP contribution in [-0.4, -0.2) is 31.3 Å². The highest BCUT2D eigenvalue weighted by atomic mass is 32.2. The fourth-order valence-electron chi connectivity index (χ4n) is 2.17. The molecule has 1 aliphatic heterocycles. The van der Waals surface area contributed by atoms with Crippen LogP contribution < -0.4 is 9.47 Å². The second-order valence-electron chi connectivity index (χ2n) is 5.13. The average molecular weight is 349 g/mol. The Morgan fingerprint density at radius 3 is 2.46 bits per heavy atom. The highest BCUT2D eigenvalue weighted by Crippen LogP contribution is 2.36. The summed E-state index contributed by atoms with van der Waals surface area (Å²) in [5, 5.41) is 4.69. The molecule has 2 aromatic carbocycles. The molecule has 0 bridgehead atoms. The van der Waals surface area contributed by atoms with Gasteiger partial charge in [-0.3, -0.25) is 4.55 Å². The summed E-state index contributed by atoms with van der Waals surface area (Å²) >= 11 is 0. The van der Waals surface area contributed by atoms with Crippen LogP contribution >= 0.6 is 0 Å². The lowest BCUT2D eigenvalue weighted by Gasteiger charge is -2.17. The summed E-state index contributed by atoms with van der Waals surface area (Å²) in [6.07, 6.45) is 1.57. The third-order valence-corrected chi connectivity index (χ3v) is 4.23. The zero-order valence-corrected chi connectivity index (χ0v) is 13.6. The Morgan fingerprint density at radius 2 is 1.75 bits per heavy atom. The van der Waals surface area contributed by atoms with Crippen LogP contribution in [0, 0.1) is 6.92 Å². The van der Waals surface area contributed by atoms with E-state index in [0.29, 0.717) is 13.2 Å². The lowest BCUT2D eigenvalue weighted by atomic mass is 10.2. The third kappa shape index (κ3) is 3.50. The molecule has 4 rings (SSSR count). The molecule has 0 saturated heterocycles. The Labute approximate surface area is 138 Å². The van der Waals surface area contributed by atoms with E-state index >= 15 is 0 Å². The molecule has 8 heteroatoms. The molecule has 0 saturated carbocycles. The Balaban J connectivity index is 0.000000144. The number of hydrogen-bond donors (Lipinski definition) is 1. The highest BCUT2D eigenvalue weighted by molar-refractivity contribution is 7.85.